The van der Waals surface area contributed by atoms with E-state index in [0.717, 1.165) is 4.90 Å². The highest BCUT2D eigenvalue weighted by atomic mass is 19.1. The van der Waals surface area contributed by atoms with Crippen LogP contribution >= 0.6 is 0 Å². The zero-order chi connectivity index (χ0) is 21.2. The van der Waals surface area contributed by atoms with Gasteiger partial charge in [0.15, 0.2) is 5.78 Å². The molecule has 0 saturated carbocycles. The first-order chi connectivity index (χ1) is 13.9. The van der Waals surface area contributed by atoms with E-state index in [9.17, 15) is 18.8 Å². The maximum absolute atomic E-state index is 13.3. The Morgan fingerprint density at radius 1 is 1.10 bits per heavy atom. The topological polar surface area (TPSA) is 84.9 Å². The molecule has 8 heteroatoms. The van der Waals surface area contributed by atoms with Crippen LogP contribution in [0.15, 0.2) is 42.5 Å². The second-order valence-electron chi connectivity index (χ2n) is 6.58. The number of ketones is 1. The molecule has 0 radical (unpaired) electrons. The van der Waals surface area contributed by atoms with Gasteiger partial charge < -0.3 is 14.8 Å². The fourth-order valence-electron chi connectivity index (χ4n) is 3.40. The number of nitrogens with one attached hydrogen (secondary N) is 1. The van der Waals surface area contributed by atoms with Crippen molar-refractivity contribution in [2.45, 2.75) is 18.9 Å². The first-order valence-electron chi connectivity index (χ1n) is 9.01. The van der Waals surface area contributed by atoms with Gasteiger partial charge in [0, 0.05) is 6.07 Å². The van der Waals surface area contributed by atoms with E-state index in [1.54, 1.807) is 19.1 Å². The summed E-state index contributed by atoms with van der Waals surface area (Å²) in [5.41, 5.74) is -0.656. The van der Waals surface area contributed by atoms with E-state index in [2.05, 4.69) is 5.32 Å². The summed E-state index contributed by atoms with van der Waals surface area (Å²) in [7, 11) is 2.90. The lowest BCUT2D eigenvalue weighted by Crippen LogP contribution is -2.43. The maximum atomic E-state index is 13.3. The normalized spacial score (nSPS) is 18.6. The Morgan fingerprint density at radius 2 is 1.79 bits per heavy atom. The Morgan fingerprint density at radius 3 is 2.38 bits per heavy atom. The number of urea groups is 1. The number of carbonyl (C=O) groups is 3. The van der Waals surface area contributed by atoms with Crippen molar-refractivity contribution >= 4 is 17.7 Å². The van der Waals surface area contributed by atoms with Gasteiger partial charge >= 0.3 is 6.03 Å². The van der Waals surface area contributed by atoms with E-state index in [1.807, 2.05) is 0 Å². The van der Waals surface area contributed by atoms with Crippen molar-refractivity contribution in [1.29, 1.82) is 0 Å². The highest BCUT2D eigenvalue weighted by Gasteiger charge is 2.51. The molecule has 0 bridgehead atoms. The van der Waals surface area contributed by atoms with Crippen LogP contribution in [-0.4, -0.2) is 43.4 Å². The van der Waals surface area contributed by atoms with Crippen LogP contribution in [0.25, 0.3) is 0 Å². The Bertz CT molecular complexity index is 960. The Hall–Kier alpha value is -3.42. The van der Waals surface area contributed by atoms with Crippen molar-refractivity contribution < 1.29 is 28.2 Å². The van der Waals surface area contributed by atoms with E-state index < -0.39 is 35.6 Å². The monoisotopic (exact) mass is 400 g/mol. The van der Waals surface area contributed by atoms with Crippen molar-refractivity contribution in [3.63, 3.8) is 0 Å². The predicted octanol–water partition coefficient (Wildman–Crippen LogP) is 2.88. The molecular weight excluding hydrogens is 379 g/mol. The van der Waals surface area contributed by atoms with Gasteiger partial charge in [-0.2, -0.15) is 0 Å². The number of Topliss-reactive ketones (excluding diaryl/α,β-unsaturated/α-hetero) is 1. The van der Waals surface area contributed by atoms with Crippen LogP contribution in [0.1, 0.15) is 29.3 Å². The van der Waals surface area contributed by atoms with Crippen molar-refractivity contribution in [2.24, 2.45) is 0 Å². The SMILES string of the molecule is CC[C@]1(c2ccc(F)cc2)NC(=O)N(CC(=O)c2ccc(OC)cc2OC)C1=O. The largest absolute Gasteiger partial charge is 0.497 e. The molecule has 2 aromatic rings. The number of nitrogens with zero attached hydrogens (tertiary/aromatic N) is 1. The van der Waals surface area contributed by atoms with Crippen molar-refractivity contribution in [2.75, 3.05) is 20.8 Å². The third kappa shape index (κ3) is 3.53. The first kappa shape index (κ1) is 20.3. The van der Waals surface area contributed by atoms with Crippen LogP contribution in [0.5, 0.6) is 11.5 Å². The molecular formula is C21H21FN2O5. The van der Waals surface area contributed by atoms with E-state index in [4.69, 9.17) is 9.47 Å². The molecule has 2 aromatic carbocycles. The number of ether oxygens (including phenoxy) is 2. The molecule has 1 aliphatic rings. The van der Waals surface area contributed by atoms with E-state index >= 15 is 0 Å². The zero-order valence-corrected chi connectivity index (χ0v) is 16.3. The molecule has 0 aliphatic carbocycles. The smallest absolute Gasteiger partial charge is 0.325 e. The van der Waals surface area contributed by atoms with Crippen molar-refractivity contribution in [1.82, 2.24) is 10.2 Å². The number of methoxy groups -OCH3 is 2. The van der Waals surface area contributed by atoms with Gasteiger partial charge in [0.25, 0.3) is 5.91 Å². The minimum atomic E-state index is -1.34. The van der Waals surface area contributed by atoms with Gasteiger partial charge in [-0.15, -0.1) is 0 Å². The number of hydrogen-bond donors (Lipinski definition) is 1. The molecule has 1 saturated heterocycles. The van der Waals surface area contributed by atoms with Crippen LogP contribution in [0.3, 0.4) is 0 Å². The van der Waals surface area contributed by atoms with Crippen molar-refractivity contribution in [3.05, 3.63) is 59.4 Å². The van der Waals surface area contributed by atoms with Gasteiger partial charge in [-0.1, -0.05) is 19.1 Å². The summed E-state index contributed by atoms with van der Waals surface area (Å²) >= 11 is 0. The minimum Gasteiger partial charge on any atom is -0.497 e. The first-order valence-corrected chi connectivity index (χ1v) is 9.01. The lowest BCUT2D eigenvalue weighted by Gasteiger charge is -2.25. The number of benzene rings is 2. The molecule has 3 rings (SSSR count). The maximum Gasteiger partial charge on any atom is 0.325 e. The fourth-order valence-corrected chi connectivity index (χ4v) is 3.40. The van der Waals surface area contributed by atoms with E-state index in [0.29, 0.717) is 11.3 Å². The van der Waals surface area contributed by atoms with Crippen LogP contribution in [0.4, 0.5) is 9.18 Å². The Balaban J connectivity index is 1.88. The zero-order valence-electron chi connectivity index (χ0n) is 16.3. The average molecular weight is 400 g/mol. The standard InChI is InChI=1S/C21H21FN2O5/c1-4-21(13-5-7-14(22)8-6-13)19(26)24(20(27)23-21)12-17(25)16-10-9-15(28-2)11-18(16)29-3/h5-11H,4,12H2,1-3H3,(H,23,27)/t21-/m1/s1. The highest BCUT2D eigenvalue weighted by molar-refractivity contribution is 6.12. The summed E-state index contributed by atoms with van der Waals surface area (Å²) in [6.07, 6.45) is 0.250. The second-order valence-corrected chi connectivity index (χ2v) is 6.58. The average Bonchev–Trinajstić information content (AvgIpc) is 2.98. The molecule has 1 fully saturated rings. The van der Waals surface area contributed by atoms with E-state index in [-0.39, 0.29) is 17.7 Å². The second kappa shape index (κ2) is 7.90. The number of imide groups is 1. The van der Waals surface area contributed by atoms with Crippen LogP contribution < -0.4 is 14.8 Å². The van der Waals surface area contributed by atoms with Gasteiger partial charge in [0.2, 0.25) is 0 Å². The molecule has 1 N–H and O–H groups in total. The minimum absolute atomic E-state index is 0.227. The number of halogens is 1. The summed E-state index contributed by atoms with van der Waals surface area (Å²) in [5, 5.41) is 2.67. The Labute approximate surface area is 167 Å². The highest BCUT2D eigenvalue weighted by Crippen LogP contribution is 2.33. The van der Waals surface area contributed by atoms with Gasteiger partial charge in [0.1, 0.15) is 22.9 Å². The number of amides is 3. The summed E-state index contributed by atoms with van der Waals surface area (Å²) in [5.74, 6) is -0.678. The lowest BCUT2D eigenvalue weighted by atomic mass is 9.87. The summed E-state index contributed by atoms with van der Waals surface area (Å²) in [6.45, 7) is 1.29. The number of carbonyl (C=O) groups excluding carboxylic acids is 3. The lowest BCUT2D eigenvalue weighted by molar-refractivity contribution is -0.131. The molecule has 29 heavy (non-hydrogen) atoms. The molecule has 152 valence electrons. The molecule has 1 aliphatic heterocycles. The predicted molar refractivity (Wildman–Crippen MR) is 102 cm³/mol. The van der Waals surface area contributed by atoms with Gasteiger partial charge in [-0.25, -0.2) is 9.18 Å². The Kier molecular flexibility index (Phi) is 5.54. The van der Waals surface area contributed by atoms with Crippen LogP contribution in [0, 0.1) is 5.82 Å². The van der Waals surface area contributed by atoms with Crippen LogP contribution in [0.2, 0.25) is 0 Å². The van der Waals surface area contributed by atoms with Crippen LogP contribution in [-0.2, 0) is 10.3 Å². The summed E-state index contributed by atoms with van der Waals surface area (Å²) in [4.78, 5) is 39.3. The third-order valence-corrected chi connectivity index (χ3v) is 5.05. The van der Waals surface area contributed by atoms with Crippen molar-refractivity contribution in [3.8, 4) is 11.5 Å². The molecule has 0 aromatic heterocycles. The number of hydrogen-bond acceptors (Lipinski definition) is 5. The van der Waals surface area contributed by atoms with Gasteiger partial charge in [0.05, 0.1) is 26.3 Å². The van der Waals surface area contributed by atoms with E-state index in [1.165, 1.54) is 44.6 Å². The quantitative estimate of drug-likeness (QED) is 0.571. The van der Waals surface area contributed by atoms with Gasteiger partial charge in [-0.05, 0) is 36.2 Å². The summed E-state index contributed by atoms with van der Waals surface area (Å²) < 4.78 is 23.6. The number of rotatable bonds is 7. The third-order valence-electron chi connectivity index (χ3n) is 5.05. The molecule has 1 heterocycles. The molecule has 0 unspecified atom stereocenters. The van der Waals surface area contributed by atoms with Gasteiger partial charge in [-0.3, -0.25) is 14.5 Å². The molecule has 0 spiro atoms. The molecule has 7 nitrogen and oxygen atoms in total. The molecule has 3 amide bonds. The molecule has 1 atom stereocenters. The summed E-state index contributed by atoms with van der Waals surface area (Å²) in [6, 6.07) is 9.34. The fraction of sp³-hybridized carbons (Fsp3) is 0.286.